The molecule has 0 saturated heterocycles. The van der Waals surface area contributed by atoms with Crippen LogP contribution < -0.4 is 0 Å². The molecule has 0 unspecified atom stereocenters. The van der Waals surface area contributed by atoms with E-state index >= 15 is 0 Å². The molecule has 1 aromatic carbocycles. The fraction of sp³-hybridized carbons (Fsp3) is 0.273. The molecule has 0 aliphatic carbocycles. The van der Waals surface area contributed by atoms with Gasteiger partial charge in [-0.1, -0.05) is 19.1 Å². The molecule has 0 bridgehead atoms. The number of nitrogens with one attached hydrogen (secondary N) is 1. The summed E-state index contributed by atoms with van der Waals surface area (Å²) in [5.74, 6) is 0. The van der Waals surface area contributed by atoms with Crippen molar-refractivity contribution in [1.82, 2.24) is 4.98 Å². The predicted molar refractivity (Wildman–Crippen MR) is 52.4 cm³/mol. The maximum atomic E-state index is 3.33. The summed E-state index contributed by atoms with van der Waals surface area (Å²) in [5.41, 5.74) is 3.88. The number of fused-ring (bicyclic) bond motifs is 1. The van der Waals surface area contributed by atoms with Crippen LogP contribution in [0.15, 0.2) is 24.3 Å². The highest BCUT2D eigenvalue weighted by atomic mass is 14.7. The van der Waals surface area contributed by atoms with Crippen LogP contribution >= 0.6 is 0 Å². The van der Waals surface area contributed by atoms with Crippen LogP contribution in [0, 0.1) is 6.92 Å². The van der Waals surface area contributed by atoms with Gasteiger partial charge in [-0.15, -0.1) is 0 Å². The minimum Gasteiger partial charge on any atom is -0.359 e. The SMILES string of the molecule is CCc1ccc2cc(C)[nH]c2c1. The van der Waals surface area contributed by atoms with E-state index in [4.69, 9.17) is 0 Å². The maximum absolute atomic E-state index is 3.33. The van der Waals surface area contributed by atoms with Gasteiger partial charge >= 0.3 is 0 Å². The van der Waals surface area contributed by atoms with E-state index < -0.39 is 0 Å². The Morgan fingerprint density at radius 1 is 1.25 bits per heavy atom. The fourth-order valence-electron chi connectivity index (χ4n) is 1.54. The first-order valence-corrected chi connectivity index (χ1v) is 4.38. The molecule has 0 aliphatic heterocycles. The first-order valence-electron chi connectivity index (χ1n) is 4.38. The van der Waals surface area contributed by atoms with Crippen molar-refractivity contribution in [1.29, 1.82) is 0 Å². The van der Waals surface area contributed by atoms with E-state index in [1.165, 1.54) is 22.2 Å². The molecule has 1 heterocycles. The molecule has 2 aromatic rings. The molecule has 0 aliphatic rings. The zero-order valence-electron chi connectivity index (χ0n) is 7.52. The first-order chi connectivity index (χ1) is 5.79. The molecular formula is C11H13N. The van der Waals surface area contributed by atoms with Crippen molar-refractivity contribution in [2.75, 3.05) is 0 Å². The second kappa shape index (κ2) is 2.67. The second-order valence-electron chi connectivity index (χ2n) is 3.23. The monoisotopic (exact) mass is 159 g/mol. The third-order valence-electron chi connectivity index (χ3n) is 2.23. The number of hydrogen-bond acceptors (Lipinski definition) is 0. The minimum atomic E-state index is 1.11. The molecule has 1 N–H and O–H groups in total. The van der Waals surface area contributed by atoms with Crippen LogP contribution in [0.1, 0.15) is 18.2 Å². The molecular weight excluding hydrogens is 146 g/mol. The lowest BCUT2D eigenvalue weighted by molar-refractivity contribution is 1.14. The van der Waals surface area contributed by atoms with Crippen LogP contribution in [0.25, 0.3) is 10.9 Å². The third kappa shape index (κ3) is 1.11. The number of benzene rings is 1. The number of aromatic nitrogens is 1. The van der Waals surface area contributed by atoms with Gasteiger partial charge in [0.15, 0.2) is 0 Å². The predicted octanol–water partition coefficient (Wildman–Crippen LogP) is 3.04. The summed E-state index contributed by atoms with van der Waals surface area (Å²) in [4.78, 5) is 3.33. The highest BCUT2D eigenvalue weighted by Gasteiger charge is 1.96. The van der Waals surface area contributed by atoms with Crippen molar-refractivity contribution < 1.29 is 0 Å². The number of H-pyrrole nitrogens is 1. The van der Waals surface area contributed by atoms with E-state index in [-0.39, 0.29) is 0 Å². The Bertz CT molecular complexity index is 398. The molecule has 1 heteroatoms. The average Bonchev–Trinajstić information content (AvgIpc) is 2.43. The molecule has 0 spiro atoms. The summed E-state index contributed by atoms with van der Waals surface area (Å²) in [6.45, 7) is 4.27. The highest BCUT2D eigenvalue weighted by Crippen LogP contribution is 2.16. The summed E-state index contributed by atoms with van der Waals surface area (Å²) >= 11 is 0. The van der Waals surface area contributed by atoms with Gasteiger partial charge in [-0.2, -0.15) is 0 Å². The van der Waals surface area contributed by atoms with Gasteiger partial charge in [0.05, 0.1) is 0 Å². The summed E-state index contributed by atoms with van der Waals surface area (Å²) in [7, 11) is 0. The van der Waals surface area contributed by atoms with E-state index in [9.17, 15) is 0 Å². The number of hydrogen-bond donors (Lipinski definition) is 1. The Labute approximate surface area is 72.4 Å². The second-order valence-corrected chi connectivity index (χ2v) is 3.23. The average molecular weight is 159 g/mol. The van der Waals surface area contributed by atoms with Gasteiger partial charge < -0.3 is 4.98 Å². The minimum absolute atomic E-state index is 1.11. The topological polar surface area (TPSA) is 15.8 Å². The maximum Gasteiger partial charge on any atom is 0.0458 e. The normalized spacial score (nSPS) is 10.8. The quantitative estimate of drug-likeness (QED) is 0.658. The molecule has 2 rings (SSSR count). The van der Waals surface area contributed by atoms with Gasteiger partial charge in [-0.25, -0.2) is 0 Å². The molecule has 0 saturated carbocycles. The zero-order valence-corrected chi connectivity index (χ0v) is 7.52. The summed E-state index contributed by atoms with van der Waals surface area (Å²) in [6, 6.07) is 8.77. The molecule has 0 fully saturated rings. The molecule has 62 valence electrons. The van der Waals surface area contributed by atoms with Crippen molar-refractivity contribution >= 4 is 10.9 Å². The van der Waals surface area contributed by atoms with E-state index in [1.54, 1.807) is 0 Å². The van der Waals surface area contributed by atoms with E-state index in [0.29, 0.717) is 0 Å². The number of aryl methyl sites for hydroxylation is 2. The molecule has 0 amide bonds. The Hall–Kier alpha value is -1.24. The lowest BCUT2D eigenvalue weighted by atomic mass is 10.1. The smallest absolute Gasteiger partial charge is 0.0458 e. The van der Waals surface area contributed by atoms with E-state index in [0.717, 1.165) is 6.42 Å². The van der Waals surface area contributed by atoms with Gasteiger partial charge in [0, 0.05) is 11.2 Å². The fourth-order valence-corrected chi connectivity index (χ4v) is 1.54. The summed E-state index contributed by atoms with van der Waals surface area (Å²) in [5, 5.41) is 1.31. The Balaban J connectivity index is 2.66. The molecule has 0 atom stereocenters. The first kappa shape index (κ1) is 7.41. The highest BCUT2D eigenvalue weighted by molar-refractivity contribution is 5.80. The standard InChI is InChI=1S/C11H13N/c1-3-9-4-5-10-6-8(2)12-11(10)7-9/h4-7,12H,3H2,1-2H3. The summed E-state index contributed by atoms with van der Waals surface area (Å²) < 4.78 is 0. The number of aromatic amines is 1. The van der Waals surface area contributed by atoms with Gasteiger partial charge in [0.1, 0.15) is 0 Å². The zero-order chi connectivity index (χ0) is 8.55. The van der Waals surface area contributed by atoms with Gasteiger partial charge in [0.2, 0.25) is 0 Å². The van der Waals surface area contributed by atoms with Crippen LogP contribution in [0.2, 0.25) is 0 Å². The van der Waals surface area contributed by atoms with Crippen LogP contribution in [0.5, 0.6) is 0 Å². The van der Waals surface area contributed by atoms with E-state index in [2.05, 4.69) is 43.1 Å². The van der Waals surface area contributed by atoms with Crippen molar-refractivity contribution in [3.8, 4) is 0 Å². The van der Waals surface area contributed by atoms with Gasteiger partial charge in [0.25, 0.3) is 0 Å². The van der Waals surface area contributed by atoms with E-state index in [1.807, 2.05) is 0 Å². The van der Waals surface area contributed by atoms with Crippen molar-refractivity contribution in [3.63, 3.8) is 0 Å². The van der Waals surface area contributed by atoms with Crippen LogP contribution in [0.3, 0.4) is 0 Å². The van der Waals surface area contributed by atoms with Crippen molar-refractivity contribution in [2.45, 2.75) is 20.3 Å². The van der Waals surface area contributed by atoms with Crippen LogP contribution in [0.4, 0.5) is 0 Å². The molecule has 1 aromatic heterocycles. The van der Waals surface area contributed by atoms with Crippen LogP contribution in [-0.2, 0) is 6.42 Å². The van der Waals surface area contributed by atoms with Gasteiger partial charge in [-0.3, -0.25) is 0 Å². The number of rotatable bonds is 1. The van der Waals surface area contributed by atoms with Gasteiger partial charge in [-0.05, 0) is 36.4 Å². The third-order valence-corrected chi connectivity index (χ3v) is 2.23. The Morgan fingerprint density at radius 2 is 2.08 bits per heavy atom. The lowest BCUT2D eigenvalue weighted by Crippen LogP contribution is -1.78. The molecule has 0 radical (unpaired) electrons. The Kier molecular flexibility index (Phi) is 1.65. The lowest BCUT2D eigenvalue weighted by Gasteiger charge is -1.94. The molecule has 1 nitrogen and oxygen atoms in total. The summed E-state index contributed by atoms with van der Waals surface area (Å²) in [6.07, 6.45) is 1.11. The molecule has 12 heavy (non-hydrogen) atoms. The van der Waals surface area contributed by atoms with Crippen molar-refractivity contribution in [2.24, 2.45) is 0 Å². The van der Waals surface area contributed by atoms with Crippen LogP contribution in [-0.4, -0.2) is 4.98 Å². The largest absolute Gasteiger partial charge is 0.359 e. The van der Waals surface area contributed by atoms with Crippen molar-refractivity contribution in [3.05, 3.63) is 35.5 Å². The Morgan fingerprint density at radius 3 is 2.83 bits per heavy atom.